The summed E-state index contributed by atoms with van der Waals surface area (Å²) in [7, 11) is -4.14. The number of carbonyl (C=O) groups excluding carboxylic acids is 2. The van der Waals surface area contributed by atoms with E-state index in [4.69, 9.17) is 26.0 Å². The number of pyridine rings is 1. The van der Waals surface area contributed by atoms with E-state index in [1.165, 1.54) is 4.68 Å². The van der Waals surface area contributed by atoms with Crippen molar-refractivity contribution in [2.75, 3.05) is 47.7 Å². The molecule has 0 atom stereocenters. The molecule has 14 heteroatoms. The van der Waals surface area contributed by atoms with Crippen LogP contribution in [0.3, 0.4) is 0 Å². The van der Waals surface area contributed by atoms with E-state index in [0.29, 0.717) is 70.4 Å². The van der Waals surface area contributed by atoms with Gasteiger partial charge < -0.3 is 15.1 Å². The summed E-state index contributed by atoms with van der Waals surface area (Å²) >= 11 is 6.07. The number of aryl methyl sites for hydroxylation is 2. The Labute approximate surface area is 280 Å². The lowest BCUT2D eigenvalue weighted by Crippen LogP contribution is -2.49. The quantitative estimate of drug-likeness (QED) is 0.245. The van der Waals surface area contributed by atoms with Crippen LogP contribution in [0.2, 0.25) is 5.02 Å². The molecular formula is C33H38ClN7O5S. The molecule has 0 radical (unpaired) electrons. The molecular weight excluding hydrogens is 642 g/mol. The molecule has 1 N–H and O–H groups in total. The summed E-state index contributed by atoms with van der Waals surface area (Å²) < 4.78 is 31.5. The molecule has 2 aromatic carbocycles. The predicted molar refractivity (Wildman–Crippen MR) is 183 cm³/mol. The van der Waals surface area contributed by atoms with E-state index < -0.39 is 21.6 Å². The Hall–Kier alpha value is -4.46. The van der Waals surface area contributed by atoms with Gasteiger partial charge in [-0.1, -0.05) is 56.1 Å². The van der Waals surface area contributed by atoms with Gasteiger partial charge in [-0.2, -0.15) is 13.5 Å². The summed E-state index contributed by atoms with van der Waals surface area (Å²) in [4.78, 5) is 35.3. The number of carbonyl (C=O) groups is 2. The average Bonchev–Trinajstić information content (AvgIpc) is 3.47. The number of hydrogen-bond acceptors (Lipinski definition) is 8. The Balaban J connectivity index is 1.36. The summed E-state index contributed by atoms with van der Waals surface area (Å²) in [5.41, 5.74) is 3.28. The fourth-order valence-electron chi connectivity index (χ4n) is 5.03. The molecule has 5 rings (SSSR count). The lowest BCUT2D eigenvalue weighted by Gasteiger charge is -2.35. The van der Waals surface area contributed by atoms with E-state index in [0.717, 1.165) is 11.8 Å². The number of nitrogens with one attached hydrogen (secondary N) is 1. The molecule has 3 amide bonds. The van der Waals surface area contributed by atoms with Crippen LogP contribution < -0.4 is 15.3 Å². The van der Waals surface area contributed by atoms with E-state index in [1.807, 2.05) is 52.0 Å². The monoisotopic (exact) mass is 679 g/mol. The zero-order valence-electron chi connectivity index (χ0n) is 27.2. The van der Waals surface area contributed by atoms with Gasteiger partial charge in [-0.15, -0.1) is 9.35 Å². The minimum Gasteiger partial charge on any atom is -0.353 e. The Morgan fingerprint density at radius 3 is 2.23 bits per heavy atom. The van der Waals surface area contributed by atoms with Crippen molar-refractivity contribution in [1.29, 1.82) is 0 Å². The van der Waals surface area contributed by atoms with Crippen molar-refractivity contribution in [3.05, 3.63) is 94.3 Å². The van der Waals surface area contributed by atoms with Crippen LogP contribution in [-0.4, -0.2) is 72.5 Å². The Kier molecular flexibility index (Phi) is 9.62. The molecule has 1 fully saturated rings. The van der Waals surface area contributed by atoms with Gasteiger partial charge in [0.05, 0.1) is 29.0 Å². The zero-order chi connectivity index (χ0) is 34.1. The summed E-state index contributed by atoms with van der Waals surface area (Å²) in [6.07, 6.45) is 0.869. The molecule has 0 aliphatic carbocycles. The van der Waals surface area contributed by atoms with Crippen molar-refractivity contribution in [2.24, 2.45) is 0 Å². The molecule has 3 heterocycles. The maximum absolute atomic E-state index is 13.8. The van der Waals surface area contributed by atoms with Crippen LogP contribution in [0, 0.1) is 13.8 Å². The Bertz CT molecular complexity index is 1900. The molecule has 2 aromatic heterocycles. The summed E-state index contributed by atoms with van der Waals surface area (Å²) in [6, 6.07) is 18.6. The number of piperazine rings is 1. The smallest absolute Gasteiger partial charge is 0.353 e. The first-order valence-corrected chi connectivity index (χ1v) is 17.2. The number of rotatable bonds is 7. The minimum absolute atomic E-state index is 0.0754. The van der Waals surface area contributed by atoms with Gasteiger partial charge in [0.1, 0.15) is 5.82 Å². The van der Waals surface area contributed by atoms with Gasteiger partial charge in [0.25, 0.3) is 16.0 Å². The molecule has 1 saturated heterocycles. The Morgan fingerprint density at radius 1 is 0.957 bits per heavy atom. The largest absolute Gasteiger partial charge is 0.353 e. The second-order valence-electron chi connectivity index (χ2n) is 12.5. The van der Waals surface area contributed by atoms with E-state index in [9.17, 15) is 18.0 Å². The first kappa shape index (κ1) is 33.9. The highest BCUT2D eigenvalue weighted by Gasteiger charge is 2.31. The van der Waals surface area contributed by atoms with Crippen LogP contribution in [0.4, 0.5) is 22.1 Å². The van der Waals surface area contributed by atoms with Crippen molar-refractivity contribution in [2.45, 2.75) is 40.0 Å². The number of hydrogen-bond donors (Lipinski definition) is 1. The summed E-state index contributed by atoms with van der Waals surface area (Å²) in [5.74, 6) is 0.717. The number of amides is 3. The van der Waals surface area contributed by atoms with E-state index >= 15 is 0 Å². The van der Waals surface area contributed by atoms with E-state index in [1.54, 1.807) is 54.3 Å². The standard InChI is InChI=1S/C33H38ClN7O5S/c1-22-10-12-26(13-11-22)40-30(21-28(37-40)33(3,4)5)41(46-47(6,44)45)32(43)36-27-14-15-29(35-23(27)2)38-16-18-39(19-17-38)31(42)24-8-7-9-25(34)20-24/h7-15,20-21H,16-19H2,1-6H3,(H,36,43). The third-order valence-electron chi connectivity index (χ3n) is 7.62. The van der Waals surface area contributed by atoms with Gasteiger partial charge in [0, 0.05) is 48.2 Å². The Morgan fingerprint density at radius 2 is 1.64 bits per heavy atom. The van der Waals surface area contributed by atoms with Crippen LogP contribution in [0.25, 0.3) is 5.69 Å². The van der Waals surface area contributed by atoms with Crippen LogP contribution in [0.5, 0.6) is 0 Å². The normalized spacial score (nSPS) is 13.9. The maximum Gasteiger partial charge on any atom is 0.353 e. The fraction of sp³-hybridized carbons (Fsp3) is 0.333. The van der Waals surface area contributed by atoms with Gasteiger partial charge in [-0.25, -0.2) is 14.5 Å². The highest BCUT2D eigenvalue weighted by atomic mass is 35.5. The van der Waals surface area contributed by atoms with Crippen molar-refractivity contribution in [3.8, 4) is 5.69 Å². The first-order valence-electron chi connectivity index (χ1n) is 15.0. The second-order valence-corrected chi connectivity index (χ2v) is 14.5. The van der Waals surface area contributed by atoms with Gasteiger partial charge in [-0.05, 0) is 56.3 Å². The zero-order valence-corrected chi connectivity index (χ0v) is 28.8. The highest BCUT2D eigenvalue weighted by molar-refractivity contribution is 7.86. The number of benzene rings is 2. The van der Waals surface area contributed by atoms with E-state index in [2.05, 4.69) is 10.2 Å². The number of nitrogens with zero attached hydrogens (tertiary/aromatic N) is 6. The van der Waals surface area contributed by atoms with Crippen LogP contribution >= 0.6 is 11.6 Å². The molecule has 248 valence electrons. The van der Waals surface area contributed by atoms with E-state index in [-0.39, 0.29) is 11.7 Å². The molecule has 0 bridgehead atoms. The molecule has 12 nitrogen and oxygen atoms in total. The molecule has 47 heavy (non-hydrogen) atoms. The predicted octanol–water partition coefficient (Wildman–Crippen LogP) is 5.73. The number of hydroxylamine groups is 1. The lowest BCUT2D eigenvalue weighted by molar-refractivity contribution is 0.0746. The van der Waals surface area contributed by atoms with Crippen LogP contribution in [0.1, 0.15) is 48.1 Å². The SMILES string of the molecule is Cc1ccc(-n2nc(C(C)(C)C)cc2N(OS(C)(=O)=O)C(=O)Nc2ccc(N3CCN(C(=O)c4cccc(Cl)c4)CC3)nc2C)cc1. The number of anilines is 3. The van der Waals surface area contributed by atoms with Gasteiger partial charge >= 0.3 is 6.03 Å². The minimum atomic E-state index is -4.14. The molecule has 0 spiro atoms. The van der Waals surface area contributed by atoms with Crippen LogP contribution in [-0.2, 0) is 19.8 Å². The molecule has 0 saturated carbocycles. The molecule has 0 unspecified atom stereocenters. The van der Waals surface area contributed by atoms with Crippen LogP contribution in [0.15, 0.2) is 66.7 Å². The lowest BCUT2D eigenvalue weighted by atomic mass is 9.92. The molecule has 1 aliphatic rings. The number of aromatic nitrogens is 3. The van der Waals surface area contributed by atoms with Gasteiger partial charge in [0.2, 0.25) is 0 Å². The van der Waals surface area contributed by atoms with Gasteiger partial charge in [-0.3, -0.25) is 4.79 Å². The third-order valence-corrected chi connectivity index (χ3v) is 8.27. The first-order chi connectivity index (χ1) is 22.1. The molecule has 4 aromatic rings. The summed E-state index contributed by atoms with van der Waals surface area (Å²) in [5, 5.41) is 8.67. The summed E-state index contributed by atoms with van der Waals surface area (Å²) in [6.45, 7) is 11.7. The van der Waals surface area contributed by atoms with Crippen molar-refractivity contribution in [1.82, 2.24) is 19.7 Å². The van der Waals surface area contributed by atoms with Crippen molar-refractivity contribution in [3.63, 3.8) is 0 Å². The average molecular weight is 680 g/mol. The third kappa shape index (κ3) is 8.10. The van der Waals surface area contributed by atoms with Crippen molar-refractivity contribution < 1.29 is 22.3 Å². The van der Waals surface area contributed by atoms with Gasteiger partial charge in [0.15, 0.2) is 5.82 Å². The fourth-order valence-corrected chi connectivity index (χ4v) is 5.64. The molecule has 1 aliphatic heterocycles. The highest BCUT2D eigenvalue weighted by Crippen LogP contribution is 2.30. The maximum atomic E-state index is 13.8. The topological polar surface area (TPSA) is 130 Å². The van der Waals surface area contributed by atoms with Crippen molar-refractivity contribution >= 4 is 51.0 Å². The second kappa shape index (κ2) is 13.3. The number of halogens is 1. The number of urea groups is 1.